The van der Waals surface area contributed by atoms with E-state index in [1.807, 2.05) is 10.3 Å². The number of hydrogen-bond acceptors (Lipinski definition) is 4. The second-order valence-corrected chi connectivity index (χ2v) is 8.52. The van der Waals surface area contributed by atoms with E-state index >= 15 is 0 Å². The van der Waals surface area contributed by atoms with Crippen LogP contribution in [-0.2, 0) is 13.0 Å². The van der Waals surface area contributed by atoms with Gasteiger partial charge in [0.25, 0.3) is 5.91 Å². The molecule has 25 heavy (non-hydrogen) atoms. The topological polar surface area (TPSA) is 33.2 Å². The van der Waals surface area contributed by atoms with E-state index in [9.17, 15) is 4.79 Å². The summed E-state index contributed by atoms with van der Waals surface area (Å²) in [5, 5.41) is 4.91. The summed E-state index contributed by atoms with van der Waals surface area (Å²) < 4.78 is 0. The van der Waals surface area contributed by atoms with E-state index in [4.69, 9.17) is 0 Å². The average molecular weight is 369 g/mol. The molecular weight excluding hydrogens is 348 g/mol. The van der Waals surface area contributed by atoms with Gasteiger partial charge in [0.1, 0.15) is 10.7 Å². The largest absolute Gasteiger partial charge is 0.333 e. The van der Waals surface area contributed by atoms with Crippen molar-refractivity contribution in [1.82, 2.24) is 9.88 Å². The van der Waals surface area contributed by atoms with Crippen molar-refractivity contribution in [2.45, 2.75) is 32.7 Å². The Hall–Kier alpha value is -1.98. The smallest absolute Gasteiger partial charge is 0.273 e. The first-order chi connectivity index (χ1) is 12.1. The number of carbonyl (C=O) groups is 1. The molecule has 5 heteroatoms. The van der Waals surface area contributed by atoms with Crippen LogP contribution >= 0.6 is 22.7 Å². The molecule has 4 rings (SSSR count). The molecule has 3 nitrogen and oxygen atoms in total. The van der Waals surface area contributed by atoms with Crippen molar-refractivity contribution in [3.8, 4) is 10.6 Å². The lowest BCUT2D eigenvalue weighted by Gasteiger charge is -2.26. The maximum atomic E-state index is 12.8. The monoisotopic (exact) mass is 368 g/mol. The third kappa shape index (κ3) is 3.26. The van der Waals surface area contributed by atoms with Crippen molar-refractivity contribution >= 4 is 28.6 Å². The molecule has 0 fully saturated rings. The van der Waals surface area contributed by atoms with Gasteiger partial charge in [-0.2, -0.15) is 0 Å². The maximum Gasteiger partial charge on any atom is 0.273 e. The zero-order valence-corrected chi connectivity index (χ0v) is 16.0. The Morgan fingerprint density at radius 3 is 2.72 bits per heavy atom. The first-order valence-electron chi connectivity index (χ1n) is 8.52. The highest BCUT2D eigenvalue weighted by atomic mass is 32.1. The third-order valence-corrected chi connectivity index (χ3v) is 6.56. The summed E-state index contributed by atoms with van der Waals surface area (Å²) in [5.41, 5.74) is 4.24. The van der Waals surface area contributed by atoms with Crippen LogP contribution in [0.25, 0.3) is 10.6 Å². The number of hydrogen-bond donors (Lipinski definition) is 0. The van der Waals surface area contributed by atoms with E-state index in [1.54, 1.807) is 11.3 Å². The molecule has 0 aliphatic carbocycles. The van der Waals surface area contributed by atoms with Crippen molar-refractivity contribution in [1.29, 1.82) is 0 Å². The molecule has 2 aromatic heterocycles. The van der Waals surface area contributed by atoms with Crippen molar-refractivity contribution in [2.24, 2.45) is 0 Å². The van der Waals surface area contributed by atoms with E-state index in [1.165, 1.54) is 27.3 Å². The number of aromatic nitrogens is 1. The van der Waals surface area contributed by atoms with Gasteiger partial charge in [-0.05, 0) is 34.9 Å². The van der Waals surface area contributed by atoms with Crippen LogP contribution in [0.5, 0.6) is 0 Å². The van der Waals surface area contributed by atoms with Gasteiger partial charge in [0.05, 0.1) is 0 Å². The van der Waals surface area contributed by atoms with Gasteiger partial charge in [0.15, 0.2) is 0 Å². The molecule has 1 amide bonds. The molecule has 128 valence electrons. The van der Waals surface area contributed by atoms with Crippen LogP contribution in [0.15, 0.2) is 41.1 Å². The second-order valence-electron chi connectivity index (χ2n) is 6.66. The minimum atomic E-state index is 0.0400. The number of thiophene rings is 1. The molecule has 1 aliphatic heterocycles. The lowest BCUT2D eigenvalue weighted by molar-refractivity contribution is 0.0731. The Balaban J connectivity index is 1.52. The quantitative estimate of drug-likeness (QED) is 0.637. The molecule has 1 aliphatic rings. The number of fused-ring (bicyclic) bond motifs is 1. The molecule has 0 saturated heterocycles. The fourth-order valence-corrected chi connectivity index (χ4v) is 4.79. The lowest BCUT2D eigenvalue weighted by Crippen LogP contribution is -2.35. The van der Waals surface area contributed by atoms with E-state index in [-0.39, 0.29) is 5.91 Å². The van der Waals surface area contributed by atoms with Gasteiger partial charge in [-0.1, -0.05) is 38.1 Å². The zero-order valence-electron chi connectivity index (χ0n) is 14.4. The number of rotatable bonds is 3. The third-order valence-electron chi connectivity index (χ3n) is 4.64. The van der Waals surface area contributed by atoms with Crippen LogP contribution in [0.1, 0.15) is 46.3 Å². The van der Waals surface area contributed by atoms with Gasteiger partial charge >= 0.3 is 0 Å². The van der Waals surface area contributed by atoms with Crippen LogP contribution in [0.4, 0.5) is 0 Å². The van der Waals surface area contributed by atoms with Gasteiger partial charge in [0, 0.05) is 28.9 Å². The normalized spacial score (nSPS) is 14.0. The summed E-state index contributed by atoms with van der Waals surface area (Å²) in [5.74, 6) is 0.557. The Bertz CT molecular complexity index is 893. The summed E-state index contributed by atoms with van der Waals surface area (Å²) in [6.07, 6.45) is 0.951. The van der Waals surface area contributed by atoms with Crippen molar-refractivity contribution in [2.75, 3.05) is 6.54 Å². The van der Waals surface area contributed by atoms with E-state index in [0.717, 1.165) is 23.5 Å². The lowest BCUT2D eigenvalue weighted by atomic mass is 10.0. The van der Waals surface area contributed by atoms with Crippen LogP contribution in [0.2, 0.25) is 0 Å². The molecular formula is C20H20N2OS2. The molecule has 0 unspecified atom stereocenters. The number of nitrogens with zero attached hydrogens (tertiary/aromatic N) is 2. The fraction of sp³-hybridized carbons (Fsp3) is 0.300. The first kappa shape index (κ1) is 16.5. The van der Waals surface area contributed by atoms with Crippen LogP contribution in [-0.4, -0.2) is 22.3 Å². The van der Waals surface area contributed by atoms with Crippen LogP contribution in [0, 0.1) is 0 Å². The number of amides is 1. The van der Waals surface area contributed by atoms with Gasteiger partial charge in [-0.3, -0.25) is 4.79 Å². The molecule has 0 bridgehead atoms. The van der Waals surface area contributed by atoms with E-state index < -0.39 is 0 Å². The van der Waals surface area contributed by atoms with Crippen LogP contribution in [0.3, 0.4) is 0 Å². The van der Waals surface area contributed by atoms with E-state index in [0.29, 0.717) is 18.2 Å². The van der Waals surface area contributed by atoms with Crippen LogP contribution < -0.4 is 0 Å². The number of benzene rings is 1. The van der Waals surface area contributed by atoms with Gasteiger partial charge in [-0.15, -0.1) is 22.7 Å². The minimum absolute atomic E-state index is 0.0400. The highest BCUT2D eigenvalue weighted by Crippen LogP contribution is 2.28. The maximum absolute atomic E-state index is 12.8. The summed E-state index contributed by atoms with van der Waals surface area (Å²) in [6.45, 7) is 5.86. The first-order valence-corrected chi connectivity index (χ1v) is 10.3. The standard InChI is InChI=1S/C20H20N2OS2/c1-13(2)14-3-5-15(6-4-14)19-21-17(12-25-19)20(23)22-9-7-18-16(11-22)8-10-24-18/h3-6,8,10,12-13H,7,9,11H2,1-2H3. The molecule has 0 N–H and O–H groups in total. The zero-order chi connectivity index (χ0) is 17.4. The van der Waals surface area contributed by atoms with Crippen molar-refractivity contribution < 1.29 is 4.79 Å². The predicted octanol–water partition coefficient (Wildman–Crippen LogP) is 5.19. The van der Waals surface area contributed by atoms with Crippen molar-refractivity contribution in [3.63, 3.8) is 0 Å². The Kier molecular flexibility index (Phi) is 4.44. The molecule has 0 radical (unpaired) electrons. The Labute approximate surface area is 156 Å². The molecule has 3 aromatic rings. The molecule has 0 saturated carbocycles. The molecule has 0 spiro atoms. The highest BCUT2D eigenvalue weighted by molar-refractivity contribution is 7.13. The molecule has 1 aromatic carbocycles. The predicted molar refractivity (Wildman–Crippen MR) is 104 cm³/mol. The molecule has 3 heterocycles. The summed E-state index contributed by atoms with van der Waals surface area (Å²) in [4.78, 5) is 20.7. The summed E-state index contributed by atoms with van der Waals surface area (Å²) in [6, 6.07) is 10.6. The van der Waals surface area contributed by atoms with Gasteiger partial charge in [0.2, 0.25) is 0 Å². The Morgan fingerprint density at radius 1 is 1.16 bits per heavy atom. The van der Waals surface area contributed by atoms with Gasteiger partial charge in [-0.25, -0.2) is 4.98 Å². The molecule has 0 atom stereocenters. The van der Waals surface area contributed by atoms with E-state index in [2.05, 4.69) is 54.5 Å². The number of carbonyl (C=O) groups excluding carboxylic acids is 1. The van der Waals surface area contributed by atoms with Gasteiger partial charge < -0.3 is 4.90 Å². The fourth-order valence-electron chi connectivity index (χ4n) is 3.10. The average Bonchev–Trinajstić information content (AvgIpc) is 3.30. The van der Waals surface area contributed by atoms with Crippen molar-refractivity contribution in [3.05, 3.63) is 62.8 Å². The highest BCUT2D eigenvalue weighted by Gasteiger charge is 2.24. The Morgan fingerprint density at radius 2 is 1.96 bits per heavy atom. The number of thiazole rings is 1. The minimum Gasteiger partial charge on any atom is -0.333 e. The SMILES string of the molecule is CC(C)c1ccc(-c2nc(C(=O)N3CCc4sccc4C3)cs2)cc1. The summed E-state index contributed by atoms with van der Waals surface area (Å²) in [7, 11) is 0. The second kappa shape index (κ2) is 6.73. The summed E-state index contributed by atoms with van der Waals surface area (Å²) >= 11 is 3.33.